The molecule has 10 heteroatoms. The zero-order chi connectivity index (χ0) is 50.6. The van der Waals surface area contributed by atoms with Crippen molar-refractivity contribution in [2.24, 2.45) is 0 Å². The van der Waals surface area contributed by atoms with Gasteiger partial charge in [0, 0.05) is 63.6 Å². The number of amides is 2. The van der Waals surface area contributed by atoms with E-state index >= 15 is 0 Å². The van der Waals surface area contributed by atoms with Crippen molar-refractivity contribution >= 4 is 11.8 Å². The first-order valence-corrected chi connectivity index (χ1v) is 24.4. The van der Waals surface area contributed by atoms with Crippen molar-refractivity contribution in [1.82, 2.24) is 19.8 Å². The maximum Gasteiger partial charge on any atom is 0.272 e. The fourth-order valence-corrected chi connectivity index (χ4v) is 8.22. The highest BCUT2D eigenvalue weighted by molar-refractivity contribution is 5.94. The topological polar surface area (TPSA) is 103 Å². The Kier molecular flexibility index (Phi) is 21.6. The van der Waals surface area contributed by atoms with Crippen molar-refractivity contribution in [3.63, 3.8) is 0 Å². The largest absolute Gasteiger partial charge is 0.489 e. The molecule has 2 amide bonds. The van der Waals surface area contributed by atoms with Crippen LogP contribution in [0.15, 0.2) is 128 Å². The van der Waals surface area contributed by atoms with E-state index in [9.17, 15) is 9.59 Å². The van der Waals surface area contributed by atoms with Crippen LogP contribution < -0.4 is 9.47 Å². The van der Waals surface area contributed by atoms with Crippen LogP contribution >= 0.6 is 0 Å². The van der Waals surface area contributed by atoms with E-state index in [1.54, 1.807) is 26.6 Å². The normalized spacial score (nSPS) is 13.7. The molecule has 0 unspecified atom stereocenters. The van der Waals surface area contributed by atoms with Crippen molar-refractivity contribution in [3.8, 4) is 11.5 Å². The molecular weight excluding hydrogens is 861 g/mol. The molecule has 69 heavy (non-hydrogen) atoms. The number of rotatable bonds is 14. The van der Waals surface area contributed by atoms with Crippen LogP contribution in [0.5, 0.6) is 11.5 Å². The number of methoxy groups -OCH3 is 2. The molecule has 0 bridgehead atoms. The number of ether oxygens (including phenoxy) is 4. The lowest BCUT2D eigenvalue weighted by Gasteiger charge is -2.48. The molecule has 0 atom stereocenters. The highest BCUT2D eigenvalue weighted by Gasteiger charge is 2.44. The van der Waals surface area contributed by atoms with Gasteiger partial charge in [-0.25, -0.2) is 0 Å². The number of likely N-dealkylation sites (tertiary alicyclic amines) is 2. The van der Waals surface area contributed by atoms with E-state index in [2.05, 4.69) is 105 Å². The van der Waals surface area contributed by atoms with Gasteiger partial charge in [0.25, 0.3) is 11.8 Å². The molecule has 0 spiro atoms. The highest BCUT2D eigenvalue weighted by atomic mass is 16.5. The average Bonchev–Trinajstić information content (AvgIpc) is 3.36. The Morgan fingerprint density at radius 1 is 0.493 bits per heavy atom. The molecule has 368 valence electrons. The lowest BCUT2D eigenvalue weighted by atomic mass is 9.75. The minimum absolute atomic E-state index is 0.0322. The predicted octanol–water partition coefficient (Wildman–Crippen LogP) is 12.4. The summed E-state index contributed by atoms with van der Waals surface area (Å²) in [6.45, 7) is 27.4. The van der Waals surface area contributed by atoms with Gasteiger partial charge in [-0.2, -0.15) is 0 Å². The van der Waals surface area contributed by atoms with E-state index in [-0.39, 0.29) is 22.6 Å². The summed E-state index contributed by atoms with van der Waals surface area (Å²) in [4.78, 5) is 37.9. The van der Waals surface area contributed by atoms with Gasteiger partial charge in [-0.3, -0.25) is 19.6 Å². The fraction of sp³-hybridized carbons (Fsp3) is 0.390. The number of carbonyl (C=O) groups is 2. The number of hydrogen-bond donors (Lipinski definition) is 0. The molecule has 6 aromatic rings. The molecule has 0 aliphatic carbocycles. The summed E-state index contributed by atoms with van der Waals surface area (Å²) < 4.78 is 22.4. The van der Waals surface area contributed by atoms with Crippen LogP contribution in [0.3, 0.4) is 0 Å². The van der Waals surface area contributed by atoms with Crippen LogP contribution in [0.2, 0.25) is 0 Å². The van der Waals surface area contributed by atoms with E-state index in [0.717, 1.165) is 44.9 Å². The van der Waals surface area contributed by atoms with Gasteiger partial charge in [0.15, 0.2) is 0 Å². The van der Waals surface area contributed by atoms with Crippen molar-refractivity contribution in [2.45, 2.75) is 113 Å². The number of carbonyl (C=O) groups excluding carboxylic acids is 2. The third-order valence-corrected chi connectivity index (χ3v) is 11.9. The van der Waals surface area contributed by atoms with Crippen LogP contribution in [-0.4, -0.2) is 72.0 Å². The molecule has 0 N–H and O–H groups in total. The van der Waals surface area contributed by atoms with E-state index in [0.29, 0.717) is 64.0 Å². The monoisotopic (exact) mass is 937 g/mol. The van der Waals surface area contributed by atoms with Crippen LogP contribution in [-0.2, 0) is 46.7 Å². The maximum atomic E-state index is 12.9. The number of aromatic nitrogens is 2. The molecular formula is C59H76N4O6. The zero-order valence-electron chi connectivity index (χ0n) is 43.5. The summed E-state index contributed by atoms with van der Waals surface area (Å²) in [5.41, 5.74) is 10.9. The summed E-state index contributed by atoms with van der Waals surface area (Å²) in [6.07, 6.45) is 3.33. The third kappa shape index (κ3) is 14.8. The predicted molar refractivity (Wildman–Crippen MR) is 279 cm³/mol. The van der Waals surface area contributed by atoms with Crippen molar-refractivity contribution < 1.29 is 28.5 Å². The summed E-state index contributed by atoms with van der Waals surface area (Å²) in [5, 5.41) is 0. The van der Waals surface area contributed by atoms with Gasteiger partial charge in [0.2, 0.25) is 0 Å². The second-order valence-corrected chi connectivity index (χ2v) is 17.4. The van der Waals surface area contributed by atoms with Gasteiger partial charge in [0.05, 0.1) is 13.2 Å². The number of hydrogen-bond acceptors (Lipinski definition) is 8. The molecule has 2 aliphatic heterocycles. The Labute approximate surface area is 413 Å². The molecule has 2 aliphatic rings. The number of benzene rings is 4. The number of aryl methyl sites for hydroxylation is 3. The van der Waals surface area contributed by atoms with Gasteiger partial charge in [-0.15, -0.1) is 0 Å². The van der Waals surface area contributed by atoms with Crippen LogP contribution in [0, 0.1) is 20.8 Å². The van der Waals surface area contributed by atoms with Crippen LogP contribution in [0.25, 0.3) is 0 Å². The van der Waals surface area contributed by atoms with Gasteiger partial charge in [-0.1, -0.05) is 140 Å². The summed E-state index contributed by atoms with van der Waals surface area (Å²) in [7, 11) is 3.28. The Balaban J connectivity index is 0.000000272. The second-order valence-electron chi connectivity index (χ2n) is 17.4. The van der Waals surface area contributed by atoms with Crippen LogP contribution in [0.4, 0.5) is 0 Å². The first kappa shape index (κ1) is 55.2. The molecule has 0 radical (unpaired) electrons. The van der Waals surface area contributed by atoms with Crippen molar-refractivity contribution in [3.05, 3.63) is 189 Å². The molecule has 10 nitrogen and oxygen atoms in total. The zero-order valence-corrected chi connectivity index (χ0v) is 43.5. The van der Waals surface area contributed by atoms with Crippen molar-refractivity contribution in [2.75, 3.05) is 40.4 Å². The highest BCUT2D eigenvalue weighted by Crippen LogP contribution is 2.38. The Morgan fingerprint density at radius 2 is 0.884 bits per heavy atom. The van der Waals surface area contributed by atoms with Gasteiger partial charge < -0.3 is 28.7 Å². The van der Waals surface area contributed by atoms with Gasteiger partial charge in [-0.05, 0) is 102 Å². The van der Waals surface area contributed by atoms with E-state index in [4.69, 9.17) is 18.9 Å². The minimum atomic E-state index is -0.0694. The SMILES string of the molecule is CC.CC.CC.COCc1ccnc(C(=O)N2CC(C)(c3ccc(OCc4ccc(C)cc4)c(C)c3)C2)c1.COCc1ccnc(C(=O)N2CC(C)(c3ccc(OCc4ccccc4)c(C)c3)C2)c1. The molecule has 2 aromatic heterocycles. The van der Waals surface area contributed by atoms with Gasteiger partial charge in [0.1, 0.15) is 36.1 Å². The van der Waals surface area contributed by atoms with E-state index < -0.39 is 0 Å². The molecule has 2 fully saturated rings. The summed E-state index contributed by atoms with van der Waals surface area (Å²) in [5.74, 6) is 1.72. The molecule has 2 saturated heterocycles. The number of nitrogens with zero attached hydrogens (tertiary/aromatic N) is 4. The lowest BCUT2D eigenvalue weighted by Crippen LogP contribution is -2.59. The van der Waals surface area contributed by atoms with Gasteiger partial charge >= 0.3 is 0 Å². The minimum Gasteiger partial charge on any atom is -0.489 e. The Hall–Kier alpha value is -6.36. The first-order chi connectivity index (χ1) is 33.4. The average molecular weight is 937 g/mol. The van der Waals surface area contributed by atoms with Crippen molar-refractivity contribution in [1.29, 1.82) is 0 Å². The molecule has 8 rings (SSSR count). The first-order valence-electron chi connectivity index (χ1n) is 24.4. The smallest absolute Gasteiger partial charge is 0.272 e. The molecule has 0 saturated carbocycles. The number of pyridine rings is 2. The van der Waals surface area contributed by atoms with Crippen LogP contribution in [0.1, 0.15) is 126 Å². The third-order valence-electron chi connectivity index (χ3n) is 11.9. The molecule has 4 heterocycles. The standard InChI is InChI=1S/C27H30N2O3.C26H28N2O3.3C2H6/c1-19-5-7-21(8-6-19)16-32-25-10-9-23(13-20(25)2)27(3)17-29(18-27)26(30)24-14-22(15-31-4)11-12-28-24;1-19-13-22(9-10-24(19)31-16-20-7-5-4-6-8-20)26(2)17-28(18-26)25(29)23-14-21(15-30-3)11-12-27-23;3*1-2/h5-14H,15-18H2,1-4H3;4-14H,15-18H2,1-3H3;3*1-2H3. The summed E-state index contributed by atoms with van der Waals surface area (Å²) in [6, 6.07) is 38.6. The summed E-state index contributed by atoms with van der Waals surface area (Å²) >= 11 is 0. The quantitative estimate of drug-likeness (QED) is 0.106. The lowest BCUT2D eigenvalue weighted by molar-refractivity contribution is 0.0423. The second kappa shape index (κ2) is 27.0. The Bertz CT molecular complexity index is 2510. The molecule has 4 aromatic carbocycles. The van der Waals surface area contributed by atoms with E-state index in [1.807, 2.05) is 106 Å². The maximum absolute atomic E-state index is 12.9. The van der Waals surface area contributed by atoms with E-state index in [1.165, 1.54) is 16.7 Å². The Morgan fingerprint density at radius 3 is 1.26 bits per heavy atom. The fourth-order valence-electron chi connectivity index (χ4n) is 8.22.